The van der Waals surface area contributed by atoms with Gasteiger partial charge in [-0.15, -0.1) is 5.10 Å². The summed E-state index contributed by atoms with van der Waals surface area (Å²) in [4.78, 5) is 0. The van der Waals surface area contributed by atoms with Crippen molar-refractivity contribution in [3.05, 3.63) is 70.9 Å². The highest BCUT2D eigenvalue weighted by atomic mass is 35.5. The molecule has 0 saturated carbocycles. The maximum atomic E-state index is 6.15. The van der Waals surface area contributed by atoms with Crippen LogP contribution in [0.4, 0.5) is 0 Å². The average Bonchev–Trinajstić information content (AvgIpc) is 3.28. The van der Waals surface area contributed by atoms with Crippen molar-refractivity contribution < 1.29 is 0 Å². The Morgan fingerprint density at radius 2 is 2.03 bits per heavy atom. The second kappa shape index (κ2) is 9.43. The van der Waals surface area contributed by atoms with Crippen LogP contribution in [0.2, 0.25) is 5.02 Å². The molecule has 0 saturated heterocycles. The zero-order valence-electron chi connectivity index (χ0n) is 16.3. The van der Waals surface area contributed by atoms with E-state index in [9.17, 15) is 0 Å². The van der Waals surface area contributed by atoms with Gasteiger partial charge in [-0.25, -0.2) is 4.68 Å². The van der Waals surface area contributed by atoms with E-state index in [1.165, 1.54) is 22.0 Å². The van der Waals surface area contributed by atoms with Crippen molar-refractivity contribution in [2.24, 2.45) is 7.05 Å². The summed E-state index contributed by atoms with van der Waals surface area (Å²) in [6.45, 7) is 2.61. The molecule has 0 atom stereocenters. The molecule has 8 heteroatoms. The molecule has 0 aliphatic heterocycles. The van der Waals surface area contributed by atoms with E-state index in [2.05, 4.69) is 61.9 Å². The van der Waals surface area contributed by atoms with Gasteiger partial charge in [0.25, 0.3) is 0 Å². The molecular weight excluding hydrogens is 404 g/mol. The Bertz CT molecular complexity index is 1090. The third-order valence-electron chi connectivity index (χ3n) is 4.74. The second-order valence-corrected chi connectivity index (χ2v) is 8.39. The number of thioether (sulfide) groups is 1. The normalized spacial score (nSPS) is 11.4. The number of aryl methyl sites for hydroxylation is 1. The highest BCUT2D eigenvalue weighted by molar-refractivity contribution is 7.99. The van der Waals surface area contributed by atoms with Crippen LogP contribution in [0, 0.1) is 0 Å². The van der Waals surface area contributed by atoms with E-state index in [0.29, 0.717) is 0 Å². The van der Waals surface area contributed by atoms with Crippen LogP contribution in [0.25, 0.3) is 10.9 Å². The first-order valence-corrected chi connectivity index (χ1v) is 10.9. The maximum absolute atomic E-state index is 6.15. The lowest BCUT2D eigenvalue weighted by atomic mass is 10.2. The number of hydrogen-bond donors (Lipinski definition) is 1. The molecule has 0 spiro atoms. The molecule has 0 aliphatic carbocycles. The topological polar surface area (TPSA) is 60.6 Å². The zero-order chi connectivity index (χ0) is 20.1. The third kappa shape index (κ3) is 4.98. The van der Waals surface area contributed by atoms with Gasteiger partial charge in [0.05, 0.1) is 0 Å². The van der Waals surface area contributed by atoms with Gasteiger partial charge < -0.3 is 9.88 Å². The molecule has 0 amide bonds. The molecule has 2 heterocycles. The third-order valence-corrected chi connectivity index (χ3v) is 6.07. The van der Waals surface area contributed by atoms with Crippen LogP contribution in [-0.4, -0.2) is 37.1 Å². The number of nitrogens with one attached hydrogen (secondary N) is 1. The van der Waals surface area contributed by atoms with Crippen LogP contribution in [-0.2, 0) is 20.1 Å². The van der Waals surface area contributed by atoms with Gasteiger partial charge >= 0.3 is 0 Å². The van der Waals surface area contributed by atoms with Crippen molar-refractivity contribution in [2.75, 3.05) is 12.3 Å². The molecule has 29 heavy (non-hydrogen) atoms. The molecule has 0 radical (unpaired) electrons. The van der Waals surface area contributed by atoms with Gasteiger partial charge in [-0.2, -0.15) is 0 Å². The standard InChI is InChI=1S/C21H23ClN6S/c1-27-21(24-25-26-27)29-11-5-10-23-13-17-15-28(20-9-3-2-8-19(17)20)14-16-6-4-7-18(22)12-16/h2-4,6-9,12,15,23H,5,10-11,13-14H2,1H3. The van der Waals surface area contributed by atoms with Gasteiger partial charge in [-0.1, -0.05) is 53.7 Å². The van der Waals surface area contributed by atoms with Gasteiger partial charge in [0.1, 0.15) is 0 Å². The van der Waals surface area contributed by atoms with Crippen molar-refractivity contribution >= 4 is 34.3 Å². The number of rotatable bonds is 9. The predicted octanol–water partition coefficient (Wildman–Crippen LogP) is 4.14. The SMILES string of the molecule is Cn1nnnc1SCCCNCc1cn(Cc2cccc(Cl)c2)c2ccccc12. The Labute approximate surface area is 179 Å². The summed E-state index contributed by atoms with van der Waals surface area (Å²) in [6.07, 6.45) is 3.30. The van der Waals surface area contributed by atoms with Gasteiger partial charge in [0.15, 0.2) is 0 Å². The van der Waals surface area contributed by atoms with Gasteiger partial charge in [0.2, 0.25) is 5.16 Å². The summed E-state index contributed by atoms with van der Waals surface area (Å²) in [5, 5.41) is 18.0. The van der Waals surface area contributed by atoms with Crippen molar-refractivity contribution in [3.8, 4) is 0 Å². The predicted molar refractivity (Wildman–Crippen MR) is 118 cm³/mol. The van der Waals surface area contributed by atoms with Gasteiger partial charge in [-0.05, 0) is 52.7 Å². The lowest BCUT2D eigenvalue weighted by Gasteiger charge is -2.06. The molecule has 150 valence electrons. The van der Waals surface area contributed by atoms with Crippen LogP contribution in [0.15, 0.2) is 59.9 Å². The molecule has 4 rings (SSSR count). The van der Waals surface area contributed by atoms with Crippen LogP contribution in [0.5, 0.6) is 0 Å². The molecule has 1 N–H and O–H groups in total. The first-order valence-electron chi connectivity index (χ1n) is 9.58. The molecule has 4 aromatic rings. The van der Waals surface area contributed by atoms with Crippen LogP contribution in [0.1, 0.15) is 17.5 Å². The zero-order valence-corrected chi connectivity index (χ0v) is 17.8. The molecule has 0 fully saturated rings. The minimum Gasteiger partial charge on any atom is -0.343 e. The second-order valence-electron chi connectivity index (χ2n) is 6.89. The molecule has 6 nitrogen and oxygen atoms in total. The number of tetrazole rings is 1. The van der Waals surface area contributed by atoms with Crippen LogP contribution >= 0.6 is 23.4 Å². The highest BCUT2D eigenvalue weighted by Crippen LogP contribution is 2.23. The summed E-state index contributed by atoms with van der Waals surface area (Å²) < 4.78 is 4.00. The Hall–Kier alpha value is -2.35. The first kappa shape index (κ1) is 19.9. The van der Waals surface area contributed by atoms with E-state index < -0.39 is 0 Å². The Morgan fingerprint density at radius 1 is 1.14 bits per heavy atom. The number of benzene rings is 2. The number of aromatic nitrogens is 5. The Balaban J connectivity index is 1.35. The molecule has 0 unspecified atom stereocenters. The van der Waals surface area contributed by atoms with Crippen LogP contribution in [0.3, 0.4) is 0 Å². The van der Waals surface area contributed by atoms with Gasteiger partial charge in [0, 0.05) is 48.0 Å². The molecule has 0 bridgehead atoms. The number of halogens is 1. The largest absolute Gasteiger partial charge is 0.343 e. The van der Waals surface area contributed by atoms with E-state index in [1.807, 2.05) is 25.2 Å². The summed E-state index contributed by atoms with van der Waals surface area (Å²) >= 11 is 7.83. The summed E-state index contributed by atoms with van der Waals surface area (Å²) in [5.74, 6) is 0.984. The van der Waals surface area contributed by atoms with Crippen LogP contribution < -0.4 is 5.32 Å². The fourth-order valence-corrected chi connectivity index (χ4v) is 4.36. The molecule has 2 aromatic heterocycles. The minimum absolute atomic E-state index is 0.774. The number of nitrogens with zero attached hydrogens (tertiary/aromatic N) is 5. The number of para-hydroxylation sites is 1. The van der Waals surface area contributed by atoms with Crippen molar-refractivity contribution in [1.82, 2.24) is 30.1 Å². The summed E-state index contributed by atoms with van der Waals surface area (Å²) in [5.41, 5.74) is 3.76. The Kier molecular flexibility index (Phi) is 6.49. The summed E-state index contributed by atoms with van der Waals surface area (Å²) in [7, 11) is 1.86. The average molecular weight is 427 g/mol. The Morgan fingerprint density at radius 3 is 2.86 bits per heavy atom. The monoisotopic (exact) mass is 426 g/mol. The van der Waals surface area contributed by atoms with Gasteiger partial charge in [-0.3, -0.25) is 0 Å². The first-order chi connectivity index (χ1) is 14.2. The minimum atomic E-state index is 0.774. The fraction of sp³-hybridized carbons (Fsp3) is 0.286. The van der Waals surface area contributed by atoms with E-state index in [4.69, 9.17) is 11.6 Å². The van der Waals surface area contributed by atoms with E-state index in [-0.39, 0.29) is 0 Å². The molecular formula is C21H23ClN6S. The van der Waals surface area contributed by atoms with Crippen molar-refractivity contribution in [2.45, 2.75) is 24.7 Å². The van der Waals surface area contributed by atoms with Crippen molar-refractivity contribution in [3.63, 3.8) is 0 Å². The quantitative estimate of drug-likeness (QED) is 0.322. The van der Waals surface area contributed by atoms with E-state index in [1.54, 1.807) is 16.4 Å². The molecule has 0 aliphatic rings. The van der Waals surface area contributed by atoms with E-state index in [0.717, 1.165) is 42.0 Å². The number of hydrogen-bond acceptors (Lipinski definition) is 5. The highest BCUT2D eigenvalue weighted by Gasteiger charge is 2.09. The lowest BCUT2D eigenvalue weighted by Crippen LogP contribution is -2.15. The number of fused-ring (bicyclic) bond motifs is 1. The smallest absolute Gasteiger partial charge is 0.209 e. The lowest BCUT2D eigenvalue weighted by molar-refractivity contribution is 0.661. The fourth-order valence-electron chi connectivity index (χ4n) is 3.35. The van der Waals surface area contributed by atoms with Crippen molar-refractivity contribution in [1.29, 1.82) is 0 Å². The molecule has 2 aromatic carbocycles. The maximum Gasteiger partial charge on any atom is 0.209 e. The van der Waals surface area contributed by atoms with E-state index >= 15 is 0 Å². The summed E-state index contributed by atoms with van der Waals surface area (Å²) in [6, 6.07) is 16.6.